The molecule has 1 amide bonds. The average molecular weight is 374 g/mol. The van der Waals surface area contributed by atoms with E-state index in [2.05, 4.69) is 47.3 Å². The zero-order chi connectivity index (χ0) is 19.7. The fourth-order valence-corrected chi connectivity index (χ4v) is 3.84. The van der Waals surface area contributed by atoms with E-state index in [1.54, 1.807) is 4.68 Å². The molecule has 1 saturated heterocycles. The van der Waals surface area contributed by atoms with E-state index in [0.29, 0.717) is 18.8 Å². The Labute approximate surface area is 166 Å². The molecule has 0 spiro atoms. The molecule has 4 rings (SSSR count). The maximum absolute atomic E-state index is 13.2. The topological polar surface area (TPSA) is 41.4 Å². The minimum atomic E-state index is 0.0477. The number of anilines is 1. The Bertz CT molecular complexity index is 999. The second kappa shape index (κ2) is 7.50. The highest BCUT2D eigenvalue weighted by Gasteiger charge is 2.26. The summed E-state index contributed by atoms with van der Waals surface area (Å²) in [5.74, 6) is 0.0477. The minimum absolute atomic E-state index is 0.0477. The Kier molecular flexibility index (Phi) is 4.90. The lowest BCUT2D eigenvalue weighted by molar-refractivity contribution is 0.0737. The quantitative estimate of drug-likeness (QED) is 0.701. The van der Waals surface area contributed by atoms with Gasteiger partial charge in [0, 0.05) is 31.9 Å². The first kappa shape index (κ1) is 18.3. The molecule has 1 aromatic heterocycles. The first-order valence-electron chi connectivity index (χ1n) is 9.76. The molecule has 1 fully saturated rings. The van der Waals surface area contributed by atoms with Crippen LogP contribution in [0.3, 0.4) is 0 Å². The van der Waals surface area contributed by atoms with Gasteiger partial charge in [0.1, 0.15) is 5.69 Å². The van der Waals surface area contributed by atoms with E-state index in [9.17, 15) is 4.79 Å². The van der Waals surface area contributed by atoms with Gasteiger partial charge in [0.2, 0.25) is 0 Å². The van der Waals surface area contributed by atoms with Crippen LogP contribution in [0.2, 0.25) is 0 Å². The van der Waals surface area contributed by atoms with E-state index in [4.69, 9.17) is 0 Å². The van der Waals surface area contributed by atoms with Crippen molar-refractivity contribution in [2.45, 2.75) is 20.8 Å². The van der Waals surface area contributed by atoms with Gasteiger partial charge in [0.05, 0.1) is 11.4 Å². The van der Waals surface area contributed by atoms with E-state index < -0.39 is 0 Å². The van der Waals surface area contributed by atoms with Crippen molar-refractivity contribution in [3.8, 4) is 5.69 Å². The molecular weight excluding hydrogens is 348 g/mol. The lowest BCUT2D eigenvalue weighted by Gasteiger charge is -2.36. The summed E-state index contributed by atoms with van der Waals surface area (Å²) in [6, 6.07) is 18.4. The van der Waals surface area contributed by atoms with Gasteiger partial charge in [-0.2, -0.15) is 5.10 Å². The van der Waals surface area contributed by atoms with Gasteiger partial charge in [0.15, 0.2) is 0 Å². The first-order chi connectivity index (χ1) is 13.5. The molecule has 2 aromatic carbocycles. The molecule has 28 heavy (non-hydrogen) atoms. The van der Waals surface area contributed by atoms with E-state index in [1.165, 1.54) is 11.3 Å². The molecular formula is C23H26N4O. The molecule has 2 heterocycles. The van der Waals surface area contributed by atoms with Gasteiger partial charge < -0.3 is 9.80 Å². The molecule has 3 aromatic rings. The standard InChI is InChI=1S/C23H26N4O/c1-17-7-6-9-20(15-17)27-22(16-19(3)24-27)23(28)26-13-11-25(12-14-26)21-10-5-4-8-18(21)2/h4-10,15-16H,11-14H2,1-3H3. The maximum atomic E-state index is 13.2. The molecule has 0 radical (unpaired) electrons. The van der Waals surface area contributed by atoms with Crippen molar-refractivity contribution in [2.24, 2.45) is 0 Å². The summed E-state index contributed by atoms with van der Waals surface area (Å²) in [6.45, 7) is 9.22. The number of hydrogen-bond donors (Lipinski definition) is 0. The van der Waals surface area contributed by atoms with Crippen LogP contribution in [-0.2, 0) is 0 Å². The third-order valence-corrected chi connectivity index (χ3v) is 5.32. The molecule has 0 atom stereocenters. The van der Waals surface area contributed by atoms with Crippen LogP contribution in [0.15, 0.2) is 54.6 Å². The number of para-hydroxylation sites is 1. The largest absolute Gasteiger partial charge is 0.368 e. The molecule has 144 valence electrons. The summed E-state index contributed by atoms with van der Waals surface area (Å²) >= 11 is 0. The highest BCUT2D eigenvalue weighted by molar-refractivity contribution is 5.93. The van der Waals surface area contributed by atoms with Crippen LogP contribution >= 0.6 is 0 Å². The molecule has 0 aliphatic carbocycles. The van der Waals surface area contributed by atoms with Crippen molar-refractivity contribution in [1.29, 1.82) is 0 Å². The van der Waals surface area contributed by atoms with Gasteiger partial charge in [-0.1, -0.05) is 30.3 Å². The van der Waals surface area contributed by atoms with Crippen LogP contribution in [0.25, 0.3) is 5.69 Å². The summed E-state index contributed by atoms with van der Waals surface area (Å²) in [5, 5.41) is 4.57. The Balaban J connectivity index is 1.53. The number of aromatic nitrogens is 2. The van der Waals surface area contributed by atoms with Crippen molar-refractivity contribution < 1.29 is 4.79 Å². The lowest BCUT2D eigenvalue weighted by Crippen LogP contribution is -2.49. The first-order valence-corrected chi connectivity index (χ1v) is 9.76. The number of piperazine rings is 1. The molecule has 1 aliphatic rings. The van der Waals surface area contributed by atoms with Gasteiger partial charge in [0.25, 0.3) is 5.91 Å². The highest BCUT2D eigenvalue weighted by Crippen LogP contribution is 2.22. The van der Waals surface area contributed by atoms with Crippen molar-refractivity contribution in [3.63, 3.8) is 0 Å². The third-order valence-electron chi connectivity index (χ3n) is 5.32. The van der Waals surface area contributed by atoms with E-state index in [0.717, 1.165) is 30.0 Å². The maximum Gasteiger partial charge on any atom is 0.272 e. The zero-order valence-electron chi connectivity index (χ0n) is 16.7. The van der Waals surface area contributed by atoms with Crippen molar-refractivity contribution in [2.75, 3.05) is 31.1 Å². The second-order valence-corrected chi connectivity index (χ2v) is 7.49. The van der Waals surface area contributed by atoms with Crippen LogP contribution in [0.5, 0.6) is 0 Å². The molecule has 5 heteroatoms. The SMILES string of the molecule is Cc1cccc(-n2nc(C)cc2C(=O)N2CCN(c3ccccc3C)CC2)c1. The number of benzene rings is 2. The van der Waals surface area contributed by atoms with Gasteiger partial charge in [-0.3, -0.25) is 4.79 Å². The minimum Gasteiger partial charge on any atom is -0.368 e. The third kappa shape index (κ3) is 3.52. The van der Waals surface area contributed by atoms with E-state index >= 15 is 0 Å². The summed E-state index contributed by atoms with van der Waals surface area (Å²) in [7, 11) is 0. The van der Waals surface area contributed by atoms with Gasteiger partial charge in [-0.05, 0) is 56.2 Å². The van der Waals surface area contributed by atoms with Crippen LogP contribution in [-0.4, -0.2) is 46.8 Å². The Morgan fingerprint density at radius 3 is 2.36 bits per heavy atom. The summed E-state index contributed by atoms with van der Waals surface area (Å²) in [4.78, 5) is 17.6. The number of hydrogen-bond acceptors (Lipinski definition) is 3. The van der Waals surface area contributed by atoms with Gasteiger partial charge in [-0.25, -0.2) is 4.68 Å². The monoisotopic (exact) mass is 374 g/mol. The van der Waals surface area contributed by atoms with Gasteiger partial charge in [-0.15, -0.1) is 0 Å². The number of aryl methyl sites for hydroxylation is 3. The van der Waals surface area contributed by atoms with E-state index in [-0.39, 0.29) is 5.91 Å². The van der Waals surface area contributed by atoms with Crippen molar-refractivity contribution >= 4 is 11.6 Å². The Morgan fingerprint density at radius 2 is 1.64 bits per heavy atom. The lowest BCUT2D eigenvalue weighted by atomic mass is 10.1. The molecule has 0 bridgehead atoms. The molecule has 0 saturated carbocycles. The summed E-state index contributed by atoms with van der Waals surface area (Å²) in [6.07, 6.45) is 0. The average Bonchev–Trinajstić information content (AvgIpc) is 3.10. The van der Waals surface area contributed by atoms with Crippen molar-refractivity contribution in [1.82, 2.24) is 14.7 Å². The fraction of sp³-hybridized carbons (Fsp3) is 0.304. The fourth-order valence-electron chi connectivity index (χ4n) is 3.84. The molecule has 0 N–H and O–H groups in total. The Morgan fingerprint density at radius 1 is 0.893 bits per heavy atom. The number of nitrogens with zero attached hydrogens (tertiary/aromatic N) is 4. The molecule has 1 aliphatic heterocycles. The smallest absolute Gasteiger partial charge is 0.272 e. The molecule has 0 unspecified atom stereocenters. The number of carbonyl (C=O) groups is 1. The number of rotatable bonds is 3. The Hall–Kier alpha value is -3.08. The summed E-state index contributed by atoms with van der Waals surface area (Å²) in [5.41, 5.74) is 6.09. The van der Waals surface area contributed by atoms with Crippen LogP contribution in [0, 0.1) is 20.8 Å². The van der Waals surface area contributed by atoms with Crippen LogP contribution in [0.1, 0.15) is 27.3 Å². The predicted molar refractivity (Wildman–Crippen MR) is 112 cm³/mol. The normalized spacial score (nSPS) is 14.4. The molecule has 5 nitrogen and oxygen atoms in total. The van der Waals surface area contributed by atoms with Crippen LogP contribution in [0.4, 0.5) is 5.69 Å². The van der Waals surface area contributed by atoms with E-state index in [1.807, 2.05) is 43.0 Å². The second-order valence-electron chi connectivity index (χ2n) is 7.49. The highest BCUT2D eigenvalue weighted by atomic mass is 16.2. The van der Waals surface area contributed by atoms with Crippen molar-refractivity contribution in [3.05, 3.63) is 77.1 Å². The number of amides is 1. The zero-order valence-corrected chi connectivity index (χ0v) is 16.7. The van der Waals surface area contributed by atoms with Gasteiger partial charge >= 0.3 is 0 Å². The number of carbonyl (C=O) groups excluding carboxylic acids is 1. The van der Waals surface area contributed by atoms with Crippen LogP contribution < -0.4 is 4.90 Å². The predicted octanol–water partition coefficient (Wildman–Crippen LogP) is 3.76. The summed E-state index contributed by atoms with van der Waals surface area (Å²) < 4.78 is 1.78.